The second-order valence-corrected chi connectivity index (χ2v) is 3.06. The van der Waals surface area contributed by atoms with Crippen LogP contribution in [0.3, 0.4) is 0 Å². The van der Waals surface area contributed by atoms with Crippen LogP contribution in [0.2, 0.25) is 0 Å². The average molecular weight is 162 g/mol. The van der Waals surface area contributed by atoms with E-state index in [-0.39, 0.29) is 19.3 Å². The van der Waals surface area contributed by atoms with Crippen LogP contribution in [0, 0.1) is 0 Å². The maximum absolute atomic E-state index is 9.36. The zero-order valence-electron chi connectivity index (χ0n) is 6.53. The Labute approximate surface area is 65.4 Å². The molecule has 1 unspecified atom stereocenters. The number of ether oxygens (including phenoxy) is 1. The van der Waals surface area contributed by atoms with Crippen LogP contribution in [-0.2, 0) is 4.74 Å². The van der Waals surface area contributed by atoms with Gasteiger partial charge < -0.3 is 20.1 Å². The first-order valence-corrected chi connectivity index (χ1v) is 3.72. The highest BCUT2D eigenvalue weighted by molar-refractivity contribution is 4.94. The molecule has 1 rings (SSSR count). The monoisotopic (exact) mass is 162 g/mol. The molecule has 0 aromatic rings. The van der Waals surface area contributed by atoms with Crippen LogP contribution in [0.25, 0.3) is 0 Å². The van der Waals surface area contributed by atoms with Crippen LogP contribution in [-0.4, -0.2) is 46.3 Å². The molecule has 66 valence electrons. The Hall–Kier alpha value is -0.160. The minimum atomic E-state index is -1.13. The Kier molecular flexibility index (Phi) is 2.49. The molecule has 1 heterocycles. The van der Waals surface area contributed by atoms with Gasteiger partial charge in [-0.3, -0.25) is 0 Å². The van der Waals surface area contributed by atoms with Gasteiger partial charge in [-0.2, -0.15) is 0 Å². The van der Waals surface area contributed by atoms with Crippen molar-refractivity contribution in [2.24, 2.45) is 0 Å². The first-order chi connectivity index (χ1) is 5.14. The molecule has 0 aliphatic carbocycles. The molecule has 0 bridgehead atoms. The predicted molar refractivity (Wildman–Crippen MR) is 38.1 cm³/mol. The lowest BCUT2D eigenvalue weighted by molar-refractivity contribution is -0.132. The number of aliphatic hydroxyl groups is 3. The topological polar surface area (TPSA) is 69.9 Å². The number of hydrogen-bond acceptors (Lipinski definition) is 4. The molecule has 3 N–H and O–H groups in total. The fourth-order valence-electron chi connectivity index (χ4n) is 1.39. The lowest BCUT2D eigenvalue weighted by atomic mass is 9.99. The van der Waals surface area contributed by atoms with Crippen molar-refractivity contribution in [3.8, 4) is 0 Å². The van der Waals surface area contributed by atoms with E-state index in [9.17, 15) is 5.11 Å². The molecule has 0 aromatic carbocycles. The number of aliphatic hydroxyl groups excluding tert-OH is 3. The lowest BCUT2D eigenvalue weighted by Gasteiger charge is -2.27. The molecule has 2 atom stereocenters. The van der Waals surface area contributed by atoms with E-state index >= 15 is 0 Å². The molecule has 1 aliphatic rings. The van der Waals surface area contributed by atoms with Gasteiger partial charge in [0, 0.05) is 6.42 Å². The third kappa shape index (κ3) is 1.39. The predicted octanol–water partition coefficient (Wildman–Crippen LogP) is -1.12. The molecule has 4 heteroatoms. The minimum absolute atomic E-state index is 0.0932. The number of rotatable bonds is 2. The van der Waals surface area contributed by atoms with Crippen molar-refractivity contribution in [1.82, 2.24) is 0 Å². The maximum atomic E-state index is 9.36. The van der Waals surface area contributed by atoms with Crippen molar-refractivity contribution in [3.05, 3.63) is 0 Å². The van der Waals surface area contributed by atoms with Gasteiger partial charge >= 0.3 is 0 Å². The Morgan fingerprint density at radius 3 is 2.18 bits per heavy atom. The van der Waals surface area contributed by atoms with E-state index < -0.39 is 11.7 Å². The Bertz CT molecular complexity index is 132. The summed E-state index contributed by atoms with van der Waals surface area (Å²) in [6.07, 6.45) is -0.377. The fourth-order valence-corrected chi connectivity index (χ4v) is 1.39. The van der Waals surface area contributed by atoms with Crippen LogP contribution >= 0.6 is 0 Å². The van der Waals surface area contributed by atoms with Crippen molar-refractivity contribution in [2.75, 3.05) is 13.2 Å². The molecule has 1 fully saturated rings. The highest BCUT2D eigenvalue weighted by atomic mass is 16.6. The molecule has 0 aromatic heterocycles. The van der Waals surface area contributed by atoms with Gasteiger partial charge in [0.2, 0.25) is 0 Å². The van der Waals surface area contributed by atoms with E-state index in [0.29, 0.717) is 6.42 Å². The second kappa shape index (κ2) is 3.06. The number of hydrogen-bond donors (Lipinski definition) is 3. The second-order valence-electron chi connectivity index (χ2n) is 3.06. The first-order valence-electron chi connectivity index (χ1n) is 3.72. The van der Waals surface area contributed by atoms with Gasteiger partial charge in [0.1, 0.15) is 5.60 Å². The van der Waals surface area contributed by atoms with E-state index in [1.807, 2.05) is 0 Å². The van der Waals surface area contributed by atoms with Crippen molar-refractivity contribution in [1.29, 1.82) is 0 Å². The van der Waals surface area contributed by atoms with Crippen molar-refractivity contribution >= 4 is 0 Å². The van der Waals surface area contributed by atoms with Crippen LogP contribution in [0.15, 0.2) is 0 Å². The van der Waals surface area contributed by atoms with Gasteiger partial charge in [0.15, 0.2) is 0 Å². The molecule has 1 saturated heterocycles. The Balaban J connectivity index is 2.67. The third-order valence-corrected chi connectivity index (χ3v) is 2.13. The first kappa shape index (κ1) is 8.93. The summed E-state index contributed by atoms with van der Waals surface area (Å²) in [4.78, 5) is 0. The SMILES string of the molecule is C[C@H]1CC(O)C(CO)(CO)O1. The third-order valence-electron chi connectivity index (χ3n) is 2.13. The van der Waals surface area contributed by atoms with Crippen LogP contribution in [0.5, 0.6) is 0 Å². The highest BCUT2D eigenvalue weighted by Crippen LogP contribution is 2.29. The summed E-state index contributed by atoms with van der Waals surface area (Å²) in [5.74, 6) is 0. The molecule has 0 radical (unpaired) electrons. The van der Waals surface area contributed by atoms with Crippen LogP contribution in [0.4, 0.5) is 0 Å². The molecule has 0 amide bonds. The summed E-state index contributed by atoms with van der Waals surface area (Å²) in [5, 5.41) is 27.1. The van der Waals surface area contributed by atoms with E-state index in [1.165, 1.54) is 0 Å². The molecule has 11 heavy (non-hydrogen) atoms. The van der Waals surface area contributed by atoms with E-state index in [0.717, 1.165) is 0 Å². The molecule has 0 spiro atoms. The molecule has 0 saturated carbocycles. The zero-order valence-corrected chi connectivity index (χ0v) is 6.53. The Morgan fingerprint density at radius 1 is 1.45 bits per heavy atom. The van der Waals surface area contributed by atoms with E-state index in [1.54, 1.807) is 6.92 Å². The van der Waals surface area contributed by atoms with Crippen LogP contribution < -0.4 is 0 Å². The summed E-state index contributed by atoms with van der Waals surface area (Å²) in [7, 11) is 0. The highest BCUT2D eigenvalue weighted by Gasteiger charge is 2.45. The average Bonchev–Trinajstić information content (AvgIpc) is 2.27. The van der Waals surface area contributed by atoms with E-state index in [4.69, 9.17) is 14.9 Å². The normalized spacial score (nSPS) is 36.0. The largest absolute Gasteiger partial charge is 0.393 e. The molecular weight excluding hydrogens is 148 g/mol. The quantitative estimate of drug-likeness (QED) is 0.481. The molecule has 1 aliphatic heterocycles. The maximum Gasteiger partial charge on any atom is 0.140 e. The standard InChI is InChI=1S/C7H14O4/c1-5-2-6(10)7(3-8,4-9)11-5/h5-6,8-10H,2-4H2,1H3/t5-,6?/m0/s1. The molecule has 4 nitrogen and oxygen atoms in total. The summed E-state index contributed by atoms with van der Waals surface area (Å²) in [5.41, 5.74) is -1.13. The summed E-state index contributed by atoms with van der Waals surface area (Å²) >= 11 is 0. The zero-order chi connectivity index (χ0) is 8.48. The van der Waals surface area contributed by atoms with Crippen LogP contribution in [0.1, 0.15) is 13.3 Å². The fraction of sp³-hybridized carbons (Fsp3) is 1.00. The lowest BCUT2D eigenvalue weighted by Crippen LogP contribution is -2.46. The smallest absolute Gasteiger partial charge is 0.140 e. The van der Waals surface area contributed by atoms with Gasteiger partial charge in [-0.05, 0) is 6.92 Å². The summed E-state index contributed by atoms with van der Waals surface area (Å²) in [6, 6.07) is 0. The molecular formula is C7H14O4. The minimum Gasteiger partial charge on any atom is -0.393 e. The van der Waals surface area contributed by atoms with Crippen molar-refractivity contribution in [2.45, 2.75) is 31.2 Å². The van der Waals surface area contributed by atoms with E-state index in [2.05, 4.69) is 0 Å². The van der Waals surface area contributed by atoms with Gasteiger partial charge in [-0.15, -0.1) is 0 Å². The summed E-state index contributed by atoms with van der Waals surface area (Å²) < 4.78 is 5.21. The van der Waals surface area contributed by atoms with Gasteiger partial charge in [0.25, 0.3) is 0 Å². The van der Waals surface area contributed by atoms with Gasteiger partial charge in [-0.1, -0.05) is 0 Å². The van der Waals surface area contributed by atoms with Gasteiger partial charge in [0.05, 0.1) is 25.4 Å². The van der Waals surface area contributed by atoms with Gasteiger partial charge in [-0.25, -0.2) is 0 Å². The van der Waals surface area contributed by atoms with Crippen molar-refractivity contribution < 1.29 is 20.1 Å². The summed E-state index contributed by atoms with van der Waals surface area (Å²) in [6.45, 7) is 1.13. The Morgan fingerprint density at radius 2 is 2.00 bits per heavy atom. The van der Waals surface area contributed by atoms with Crippen molar-refractivity contribution in [3.63, 3.8) is 0 Å².